The van der Waals surface area contributed by atoms with E-state index in [0.717, 1.165) is 12.3 Å². The SMILES string of the molecule is CC(C)(Oc1ccc(Cl)cc1)C(=O)NC=CC(=O)O. The number of halogens is 1. The summed E-state index contributed by atoms with van der Waals surface area (Å²) >= 11 is 5.74. The highest BCUT2D eigenvalue weighted by Gasteiger charge is 2.29. The van der Waals surface area contributed by atoms with Gasteiger partial charge in [0.1, 0.15) is 5.75 Å². The second-order valence-corrected chi connectivity index (χ2v) is 4.65. The maximum absolute atomic E-state index is 11.8. The van der Waals surface area contributed by atoms with E-state index in [-0.39, 0.29) is 0 Å². The summed E-state index contributed by atoms with van der Waals surface area (Å²) in [4.78, 5) is 22.1. The van der Waals surface area contributed by atoms with Gasteiger partial charge in [-0.25, -0.2) is 4.79 Å². The summed E-state index contributed by atoms with van der Waals surface area (Å²) in [5.41, 5.74) is -1.14. The van der Waals surface area contributed by atoms with Gasteiger partial charge >= 0.3 is 5.97 Å². The molecule has 0 heterocycles. The van der Waals surface area contributed by atoms with E-state index < -0.39 is 17.5 Å². The third-order valence-electron chi connectivity index (χ3n) is 2.17. The molecule has 0 aliphatic carbocycles. The number of ether oxygens (including phenoxy) is 1. The van der Waals surface area contributed by atoms with Crippen molar-refractivity contribution in [1.29, 1.82) is 0 Å². The minimum absolute atomic E-state index is 0.458. The van der Waals surface area contributed by atoms with E-state index in [4.69, 9.17) is 21.4 Å². The van der Waals surface area contributed by atoms with Gasteiger partial charge < -0.3 is 15.2 Å². The molecule has 0 atom stereocenters. The lowest BCUT2D eigenvalue weighted by molar-refractivity contribution is -0.133. The molecule has 0 radical (unpaired) electrons. The van der Waals surface area contributed by atoms with Crippen molar-refractivity contribution in [2.45, 2.75) is 19.4 Å². The average molecular weight is 284 g/mol. The van der Waals surface area contributed by atoms with E-state index in [0.29, 0.717) is 10.8 Å². The van der Waals surface area contributed by atoms with E-state index in [1.807, 2.05) is 0 Å². The highest BCUT2D eigenvalue weighted by atomic mass is 35.5. The summed E-state index contributed by atoms with van der Waals surface area (Å²) in [5.74, 6) is -1.11. The molecule has 2 N–H and O–H groups in total. The molecule has 102 valence electrons. The Kier molecular flexibility index (Phi) is 4.94. The number of rotatable bonds is 5. The van der Waals surface area contributed by atoms with Gasteiger partial charge in [0.2, 0.25) is 0 Å². The lowest BCUT2D eigenvalue weighted by atomic mass is 10.1. The Labute approximate surface area is 115 Å². The second kappa shape index (κ2) is 6.24. The van der Waals surface area contributed by atoms with Crippen LogP contribution in [0.2, 0.25) is 5.02 Å². The van der Waals surface area contributed by atoms with Crippen LogP contribution in [-0.4, -0.2) is 22.6 Å². The van der Waals surface area contributed by atoms with Gasteiger partial charge in [0.15, 0.2) is 5.60 Å². The molecule has 6 heteroatoms. The molecular weight excluding hydrogens is 270 g/mol. The molecule has 1 aromatic rings. The van der Waals surface area contributed by atoms with E-state index in [1.165, 1.54) is 0 Å². The minimum Gasteiger partial charge on any atom is -0.478 e. The van der Waals surface area contributed by atoms with Gasteiger partial charge in [0, 0.05) is 17.3 Å². The number of nitrogens with one attached hydrogen (secondary N) is 1. The number of carboxylic acid groups (broad SMARTS) is 1. The standard InChI is InChI=1S/C13H14ClNO4/c1-13(2,12(18)15-8-7-11(16)17)19-10-5-3-9(14)4-6-10/h3-8H,1-2H3,(H,15,18)(H,16,17). The summed E-state index contributed by atoms with van der Waals surface area (Å²) in [6.45, 7) is 3.15. The van der Waals surface area contributed by atoms with Crippen LogP contribution >= 0.6 is 11.6 Å². The monoisotopic (exact) mass is 283 g/mol. The Balaban J connectivity index is 2.66. The molecule has 0 bridgehead atoms. The number of aliphatic carboxylic acids is 1. The van der Waals surface area contributed by atoms with Crippen LogP contribution in [0, 0.1) is 0 Å². The molecule has 0 fully saturated rings. The van der Waals surface area contributed by atoms with E-state index >= 15 is 0 Å². The Bertz CT molecular complexity index is 494. The molecule has 1 rings (SSSR count). The van der Waals surface area contributed by atoms with Crippen molar-refractivity contribution in [3.63, 3.8) is 0 Å². The number of hydrogen-bond donors (Lipinski definition) is 2. The van der Waals surface area contributed by atoms with Crippen LogP contribution < -0.4 is 10.1 Å². The first kappa shape index (κ1) is 15.0. The third kappa shape index (κ3) is 5.01. The predicted octanol–water partition coefficient (Wildman–Crippen LogP) is 2.21. The average Bonchev–Trinajstić information content (AvgIpc) is 2.31. The summed E-state index contributed by atoms with van der Waals surface area (Å²) in [7, 11) is 0. The highest BCUT2D eigenvalue weighted by Crippen LogP contribution is 2.20. The minimum atomic E-state index is -1.14. The van der Waals surface area contributed by atoms with Gasteiger partial charge in [-0.3, -0.25) is 4.79 Å². The number of amides is 1. The molecular formula is C13H14ClNO4. The first-order chi connectivity index (χ1) is 8.81. The van der Waals surface area contributed by atoms with Crippen LogP contribution in [0.3, 0.4) is 0 Å². The van der Waals surface area contributed by atoms with Gasteiger partial charge in [0.25, 0.3) is 5.91 Å². The second-order valence-electron chi connectivity index (χ2n) is 4.21. The van der Waals surface area contributed by atoms with Crippen LogP contribution in [0.4, 0.5) is 0 Å². The number of carboxylic acids is 1. The van der Waals surface area contributed by atoms with Crippen molar-refractivity contribution in [3.05, 3.63) is 41.6 Å². The van der Waals surface area contributed by atoms with Crippen LogP contribution in [0.15, 0.2) is 36.5 Å². The van der Waals surface area contributed by atoms with Crippen LogP contribution in [0.25, 0.3) is 0 Å². The summed E-state index contributed by atoms with van der Waals surface area (Å²) < 4.78 is 5.52. The van der Waals surface area contributed by atoms with E-state index in [1.54, 1.807) is 38.1 Å². The Hall–Kier alpha value is -2.01. The van der Waals surface area contributed by atoms with Crippen molar-refractivity contribution in [1.82, 2.24) is 5.32 Å². The van der Waals surface area contributed by atoms with Crippen LogP contribution in [0.1, 0.15) is 13.8 Å². The van der Waals surface area contributed by atoms with Crippen molar-refractivity contribution >= 4 is 23.5 Å². The predicted molar refractivity (Wildman–Crippen MR) is 71.1 cm³/mol. The maximum Gasteiger partial charge on any atom is 0.329 e. The molecule has 0 aromatic heterocycles. The van der Waals surface area contributed by atoms with Gasteiger partial charge in [-0.05, 0) is 38.1 Å². The topological polar surface area (TPSA) is 75.6 Å². The van der Waals surface area contributed by atoms with E-state index in [2.05, 4.69) is 5.32 Å². The smallest absolute Gasteiger partial charge is 0.329 e. The van der Waals surface area contributed by atoms with Crippen LogP contribution in [0.5, 0.6) is 5.75 Å². The summed E-state index contributed by atoms with van der Waals surface area (Å²) in [6, 6.07) is 6.58. The molecule has 0 aliphatic heterocycles. The lowest BCUT2D eigenvalue weighted by Crippen LogP contribution is -2.44. The van der Waals surface area contributed by atoms with Crippen LogP contribution in [-0.2, 0) is 9.59 Å². The largest absolute Gasteiger partial charge is 0.478 e. The van der Waals surface area contributed by atoms with Crippen molar-refractivity contribution in [2.24, 2.45) is 0 Å². The molecule has 19 heavy (non-hydrogen) atoms. The molecule has 5 nitrogen and oxygen atoms in total. The number of carbonyl (C=O) groups is 2. The fraction of sp³-hybridized carbons (Fsp3) is 0.231. The quantitative estimate of drug-likeness (QED) is 0.813. The summed E-state index contributed by atoms with van der Waals surface area (Å²) in [5, 5.41) is 11.3. The Morgan fingerprint density at radius 3 is 2.42 bits per heavy atom. The van der Waals surface area contributed by atoms with Gasteiger partial charge in [-0.2, -0.15) is 0 Å². The number of hydrogen-bond acceptors (Lipinski definition) is 3. The molecule has 0 saturated heterocycles. The maximum atomic E-state index is 11.8. The fourth-order valence-corrected chi connectivity index (χ4v) is 1.33. The zero-order valence-electron chi connectivity index (χ0n) is 10.5. The van der Waals surface area contributed by atoms with Crippen molar-refractivity contribution in [2.75, 3.05) is 0 Å². The molecule has 0 aliphatic rings. The molecule has 1 amide bonds. The molecule has 0 saturated carbocycles. The van der Waals surface area contributed by atoms with Gasteiger partial charge in [-0.1, -0.05) is 11.6 Å². The molecule has 1 aromatic carbocycles. The zero-order chi connectivity index (χ0) is 14.5. The molecule has 0 unspecified atom stereocenters. The molecule has 0 spiro atoms. The number of benzene rings is 1. The van der Waals surface area contributed by atoms with Gasteiger partial charge in [-0.15, -0.1) is 0 Å². The third-order valence-corrected chi connectivity index (χ3v) is 2.43. The summed E-state index contributed by atoms with van der Waals surface area (Å²) in [6.07, 6.45) is 1.88. The van der Waals surface area contributed by atoms with Crippen molar-refractivity contribution in [3.8, 4) is 5.75 Å². The van der Waals surface area contributed by atoms with Crippen molar-refractivity contribution < 1.29 is 19.4 Å². The first-order valence-corrected chi connectivity index (χ1v) is 5.84. The highest BCUT2D eigenvalue weighted by molar-refractivity contribution is 6.30. The first-order valence-electron chi connectivity index (χ1n) is 5.46. The van der Waals surface area contributed by atoms with Gasteiger partial charge in [0.05, 0.1) is 0 Å². The Morgan fingerprint density at radius 1 is 1.32 bits per heavy atom. The zero-order valence-corrected chi connectivity index (χ0v) is 11.3. The lowest BCUT2D eigenvalue weighted by Gasteiger charge is -2.24. The fourth-order valence-electron chi connectivity index (χ4n) is 1.21. The van der Waals surface area contributed by atoms with E-state index in [9.17, 15) is 9.59 Å². The normalized spacial score (nSPS) is 11.3. The Morgan fingerprint density at radius 2 is 1.89 bits per heavy atom. The number of carbonyl (C=O) groups excluding carboxylic acids is 1.